The van der Waals surface area contributed by atoms with Gasteiger partial charge in [-0.25, -0.2) is 0 Å². The van der Waals surface area contributed by atoms with Gasteiger partial charge in [-0.2, -0.15) is 0 Å². The molecule has 1 aliphatic carbocycles. The minimum atomic E-state index is -0.260. The molecule has 0 aromatic carbocycles. The molecule has 0 radical (unpaired) electrons. The van der Waals surface area contributed by atoms with Crippen LogP contribution in [0, 0.1) is 17.8 Å². The lowest BCUT2D eigenvalue weighted by Crippen LogP contribution is -2.19. The van der Waals surface area contributed by atoms with E-state index in [-0.39, 0.29) is 24.4 Å². The Morgan fingerprint density at radius 2 is 1.49 bits per heavy atom. The molecule has 1 rings (SSSR count). The standard InChI is InChI=1S/C35H46O2/c1-9-10-23-34(36)37-27-31(5)21-14-19-29(3)17-12-11-16-28(2)18-13-20-30(4)24-25-33-32(6)22-15-26-35(33,7)8/h1,11-14,16-21,24-25H,10,15,22-23,26-27H2,2-8H3/b12-11+,18-13+,19-14+,25-24+,28-16+,29-17+,30-20+,31-21+. The molecule has 198 valence electrons. The van der Waals surface area contributed by atoms with Crippen molar-refractivity contribution in [2.24, 2.45) is 5.41 Å². The maximum absolute atomic E-state index is 11.5. The molecule has 2 heteroatoms. The van der Waals surface area contributed by atoms with Gasteiger partial charge in [-0.3, -0.25) is 4.79 Å². The molecule has 0 aliphatic heterocycles. The van der Waals surface area contributed by atoms with E-state index >= 15 is 0 Å². The number of ether oxygens (including phenoxy) is 1. The highest BCUT2D eigenvalue weighted by molar-refractivity contribution is 5.69. The second kappa shape index (κ2) is 17.2. The van der Waals surface area contributed by atoms with E-state index in [1.54, 1.807) is 0 Å². The van der Waals surface area contributed by atoms with Gasteiger partial charge in [-0.15, -0.1) is 12.3 Å². The number of terminal acetylenes is 1. The molecule has 1 aliphatic rings. The third kappa shape index (κ3) is 14.1. The number of hydrogen-bond acceptors (Lipinski definition) is 2. The molecule has 0 amide bonds. The van der Waals surface area contributed by atoms with Crippen molar-refractivity contribution in [3.63, 3.8) is 0 Å². The highest BCUT2D eigenvalue weighted by Crippen LogP contribution is 2.40. The summed E-state index contributed by atoms with van der Waals surface area (Å²) in [6, 6.07) is 0. The fraction of sp³-hybridized carbons (Fsp3) is 0.400. The van der Waals surface area contributed by atoms with E-state index in [2.05, 4.69) is 83.1 Å². The fourth-order valence-electron chi connectivity index (χ4n) is 4.01. The first-order valence-corrected chi connectivity index (χ1v) is 13.2. The van der Waals surface area contributed by atoms with E-state index in [1.807, 2.05) is 44.2 Å². The summed E-state index contributed by atoms with van der Waals surface area (Å²) in [5.74, 6) is 2.18. The second-order valence-corrected chi connectivity index (χ2v) is 10.5. The van der Waals surface area contributed by atoms with Gasteiger partial charge in [0.1, 0.15) is 6.61 Å². The Balaban J connectivity index is 2.55. The van der Waals surface area contributed by atoms with Crippen molar-refractivity contribution in [3.05, 3.63) is 106 Å². The van der Waals surface area contributed by atoms with Crippen LogP contribution < -0.4 is 0 Å². The largest absolute Gasteiger partial charge is 0.461 e. The van der Waals surface area contributed by atoms with Crippen molar-refractivity contribution in [3.8, 4) is 12.3 Å². The van der Waals surface area contributed by atoms with Crippen LogP contribution in [0.2, 0.25) is 0 Å². The summed E-state index contributed by atoms with van der Waals surface area (Å²) in [6.45, 7) is 15.5. The fourth-order valence-corrected chi connectivity index (χ4v) is 4.01. The SMILES string of the molecule is C#CCCC(=O)OC/C(C)=C/C=C/C(C)=C/C=C/C=C(C)/C=C/C=C(C)/C=C/C1=C(C)CCCC1(C)C. The lowest BCUT2D eigenvalue weighted by molar-refractivity contribution is -0.142. The summed E-state index contributed by atoms with van der Waals surface area (Å²) < 4.78 is 5.17. The maximum Gasteiger partial charge on any atom is 0.307 e. The highest BCUT2D eigenvalue weighted by atomic mass is 16.5. The molecule has 0 aromatic rings. The lowest BCUT2D eigenvalue weighted by atomic mass is 9.72. The van der Waals surface area contributed by atoms with Gasteiger partial charge in [-0.05, 0) is 70.4 Å². The first-order chi connectivity index (χ1) is 17.5. The normalized spacial score (nSPS) is 18.0. The van der Waals surface area contributed by atoms with Gasteiger partial charge in [0, 0.05) is 6.42 Å². The third-order valence-corrected chi connectivity index (χ3v) is 6.28. The zero-order valence-corrected chi connectivity index (χ0v) is 24.1. The third-order valence-electron chi connectivity index (χ3n) is 6.28. The average molecular weight is 499 g/mol. The number of carbonyl (C=O) groups excluding carboxylic acids is 1. The lowest BCUT2D eigenvalue weighted by Gasteiger charge is -2.32. The molecule has 0 bridgehead atoms. The molecule has 0 N–H and O–H groups in total. The first-order valence-electron chi connectivity index (χ1n) is 13.2. The Labute approximate surface area is 226 Å². The van der Waals surface area contributed by atoms with Gasteiger partial charge in [0.25, 0.3) is 0 Å². The van der Waals surface area contributed by atoms with E-state index in [4.69, 9.17) is 11.2 Å². The highest BCUT2D eigenvalue weighted by Gasteiger charge is 2.26. The van der Waals surface area contributed by atoms with Crippen molar-refractivity contribution in [2.75, 3.05) is 6.61 Å². The van der Waals surface area contributed by atoms with Gasteiger partial charge < -0.3 is 4.74 Å². The van der Waals surface area contributed by atoms with E-state index < -0.39 is 0 Å². The van der Waals surface area contributed by atoms with Crippen LogP contribution in [-0.4, -0.2) is 12.6 Å². The van der Waals surface area contributed by atoms with Gasteiger partial charge in [-0.1, -0.05) is 109 Å². The van der Waals surface area contributed by atoms with Gasteiger partial charge in [0.2, 0.25) is 0 Å². The molecule has 2 nitrogen and oxygen atoms in total. The van der Waals surface area contributed by atoms with Gasteiger partial charge >= 0.3 is 5.97 Å². The zero-order valence-electron chi connectivity index (χ0n) is 24.1. The predicted molar refractivity (Wildman–Crippen MR) is 161 cm³/mol. The Morgan fingerprint density at radius 1 is 0.919 bits per heavy atom. The minimum Gasteiger partial charge on any atom is -0.461 e. The number of hydrogen-bond donors (Lipinski definition) is 0. The van der Waals surface area contributed by atoms with Crippen LogP contribution in [0.15, 0.2) is 106 Å². The molecule has 0 saturated heterocycles. The maximum atomic E-state index is 11.5. The monoisotopic (exact) mass is 498 g/mol. The van der Waals surface area contributed by atoms with Gasteiger partial charge in [0.15, 0.2) is 0 Å². The minimum absolute atomic E-state index is 0.260. The summed E-state index contributed by atoms with van der Waals surface area (Å²) in [4.78, 5) is 11.5. The van der Waals surface area contributed by atoms with Crippen molar-refractivity contribution in [1.82, 2.24) is 0 Å². The van der Waals surface area contributed by atoms with Crippen LogP contribution in [0.25, 0.3) is 0 Å². The number of esters is 1. The molecule has 37 heavy (non-hydrogen) atoms. The van der Waals surface area contributed by atoms with Crippen LogP contribution in [0.3, 0.4) is 0 Å². The van der Waals surface area contributed by atoms with Gasteiger partial charge in [0.05, 0.1) is 6.42 Å². The van der Waals surface area contributed by atoms with Crippen LogP contribution in [-0.2, 0) is 9.53 Å². The van der Waals surface area contributed by atoms with Crippen LogP contribution in [0.5, 0.6) is 0 Å². The number of carbonyl (C=O) groups is 1. The molecule has 0 heterocycles. The second-order valence-electron chi connectivity index (χ2n) is 10.5. The Hall–Kier alpha value is -3.31. The first kappa shape index (κ1) is 31.7. The molecular weight excluding hydrogens is 452 g/mol. The van der Waals surface area contributed by atoms with Crippen LogP contribution >= 0.6 is 0 Å². The molecule has 0 unspecified atom stereocenters. The van der Waals surface area contributed by atoms with Crippen molar-refractivity contribution in [2.45, 2.75) is 80.6 Å². The van der Waals surface area contributed by atoms with E-state index in [0.717, 1.165) is 11.1 Å². The summed E-state index contributed by atoms with van der Waals surface area (Å²) >= 11 is 0. The predicted octanol–water partition coefficient (Wildman–Crippen LogP) is 9.48. The zero-order chi connectivity index (χ0) is 27.7. The number of allylic oxidation sites excluding steroid dienone is 17. The van der Waals surface area contributed by atoms with Crippen LogP contribution in [0.1, 0.15) is 80.6 Å². The summed E-state index contributed by atoms with van der Waals surface area (Å²) in [6.07, 6.45) is 34.7. The van der Waals surface area contributed by atoms with E-state index in [1.165, 1.54) is 41.6 Å². The molecule has 0 aromatic heterocycles. The molecule has 0 spiro atoms. The summed E-state index contributed by atoms with van der Waals surface area (Å²) in [7, 11) is 0. The smallest absolute Gasteiger partial charge is 0.307 e. The number of rotatable bonds is 12. The molecule has 0 atom stereocenters. The van der Waals surface area contributed by atoms with Crippen molar-refractivity contribution >= 4 is 5.97 Å². The summed E-state index contributed by atoms with van der Waals surface area (Å²) in [5, 5.41) is 0. The van der Waals surface area contributed by atoms with Crippen molar-refractivity contribution < 1.29 is 9.53 Å². The van der Waals surface area contributed by atoms with Crippen LogP contribution in [0.4, 0.5) is 0 Å². The molecule has 0 saturated carbocycles. The topological polar surface area (TPSA) is 26.3 Å². The Kier molecular flexibility index (Phi) is 14.7. The quantitative estimate of drug-likeness (QED) is 0.152. The average Bonchev–Trinajstić information content (AvgIpc) is 2.83. The van der Waals surface area contributed by atoms with Crippen molar-refractivity contribution in [1.29, 1.82) is 0 Å². The molecular formula is C35H46O2. The molecule has 0 fully saturated rings. The Bertz CT molecular complexity index is 1080. The Morgan fingerprint density at radius 3 is 2.08 bits per heavy atom. The van der Waals surface area contributed by atoms with E-state index in [9.17, 15) is 4.79 Å². The van der Waals surface area contributed by atoms with E-state index in [0.29, 0.717) is 6.42 Å². The summed E-state index contributed by atoms with van der Waals surface area (Å²) in [5.41, 5.74) is 7.85.